The van der Waals surface area contributed by atoms with Crippen LogP contribution in [0.25, 0.3) is 0 Å². The number of ether oxygens (including phenoxy) is 6. The third-order valence-corrected chi connectivity index (χ3v) is 22.5. The second kappa shape index (κ2) is 57.5. The number of aromatic nitrogens is 7. The first-order valence-corrected chi connectivity index (χ1v) is 42.7. The van der Waals surface area contributed by atoms with Crippen molar-refractivity contribution < 1.29 is 95.3 Å². The number of aliphatic hydroxyl groups is 2. The van der Waals surface area contributed by atoms with E-state index < -0.39 is 38.7 Å². The third kappa shape index (κ3) is 38.6. The molecular weight excluding hydrogens is 1710 g/mol. The summed E-state index contributed by atoms with van der Waals surface area (Å²) in [6.07, 6.45) is 8.24. The molecule has 7 aromatic heterocycles. The van der Waals surface area contributed by atoms with Crippen LogP contribution in [0.2, 0.25) is 0 Å². The molecule has 12 aromatic rings. The van der Waals surface area contributed by atoms with E-state index in [2.05, 4.69) is 201 Å². The number of benzene rings is 5. The number of thioether (sulfide) groups is 1. The first-order valence-electron chi connectivity index (χ1n) is 38.4. The maximum Gasteiger partial charge on any atom is 2.00 e. The largest absolute Gasteiger partial charge is 2.00 e. The molecule has 0 spiro atoms. The van der Waals surface area contributed by atoms with Crippen molar-refractivity contribution >= 4 is 109 Å². The Bertz CT molecular complexity index is 4600. The summed E-state index contributed by atoms with van der Waals surface area (Å²) in [4.78, 5) is 78.5. The average molecular weight is 1830 g/mol. The van der Waals surface area contributed by atoms with Gasteiger partial charge in [-0.2, -0.15) is 6.92 Å². The number of aromatic amines is 4. The minimum Gasteiger partial charge on any atom is -1.00 e. The van der Waals surface area contributed by atoms with Crippen molar-refractivity contribution in [3.8, 4) is 0 Å². The average Bonchev–Trinajstić information content (AvgIpc) is 1.71. The van der Waals surface area contributed by atoms with Crippen LogP contribution in [0.5, 0.6) is 0 Å². The van der Waals surface area contributed by atoms with Crippen molar-refractivity contribution in [3.63, 3.8) is 0 Å². The molecule has 0 aliphatic carbocycles. The number of aliphatic carboxylic acids is 2. The van der Waals surface area contributed by atoms with Crippen LogP contribution in [0.4, 0.5) is 0 Å². The van der Waals surface area contributed by atoms with Crippen molar-refractivity contribution in [3.05, 3.63) is 338 Å². The quantitative estimate of drug-likeness (QED) is 0.00513. The molecule has 0 amide bonds. The first-order chi connectivity index (χ1) is 57.4. The van der Waals surface area contributed by atoms with E-state index in [1.165, 1.54) is 32.9 Å². The second-order valence-corrected chi connectivity index (χ2v) is 35.2. The molecule has 3 aliphatic rings. The molecule has 0 radical (unpaired) electrons. The summed E-state index contributed by atoms with van der Waals surface area (Å²) in [5.74, 6) is -2.41. The fourth-order valence-corrected chi connectivity index (χ4v) is 15.7. The van der Waals surface area contributed by atoms with Crippen LogP contribution in [0.1, 0.15) is 126 Å². The van der Waals surface area contributed by atoms with Gasteiger partial charge in [0.15, 0.2) is 0 Å². The summed E-state index contributed by atoms with van der Waals surface area (Å²) in [7, 11) is 2.79. The molecule has 652 valence electrons. The first kappa shape index (κ1) is 108. The molecule has 1 unspecified atom stereocenters. The van der Waals surface area contributed by atoms with Gasteiger partial charge in [0.1, 0.15) is 15.1 Å². The number of hydrogen-bond acceptors (Lipinski definition) is 19. The smallest absolute Gasteiger partial charge is 1.00 e. The number of nitrogens with zero attached hydrogens (tertiary/aromatic N) is 3. The van der Waals surface area contributed by atoms with Gasteiger partial charge < -0.3 is 98.2 Å². The summed E-state index contributed by atoms with van der Waals surface area (Å²) in [5, 5.41) is 39.4. The summed E-state index contributed by atoms with van der Waals surface area (Å²) in [5.41, 5.74) is 6.91. The van der Waals surface area contributed by atoms with Gasteiger partial charge in [0, 0.05) is 81.6 Å². The fourth-order valence-electron chi connectivity index (χ4n) is 10.9. The predicted octanol–water partition coefficient (Wildman–Crippen LogP) is 13.5. The van der Waals surface area contributed by atoms with E-state index in [0.29, 0.717) is 50.4 Å². The zero-order valence-electron chi connectivity index (χ0n) is 69.9. The molecule has 15 rings (SSSR count). The number of aldehydes is 1. The number of carboxylic acids is 2. The summed E-state index contributed by atoms with van der Waals surface area (Å²) < 4.78 is 32.0. The third-order valence-electron chi connectivity index (χ3n) is 17.0. The number of carboxylic acid groups (broad SMARTS) is 2. The second-order valence-electron chi connectivity index (χ2n) is 29.8. The number of rotatable bonds is 20. The fraction of sp³-hybridized carbons (Fsp3) is 0.287. The van der Waals surface area contributed by atoms with Gasteiger partial charge in [-0.15, -0.1) is 0 Å². The standard InChI is InChI=1S/C22H24N2O3.C18H15P.C15H14N2.C12H15NO3S.C10H8N2S2.C7H12O4.C5H12O2.C2H2O3.C2H5.CH4.BrH.Mg.H2O/c1-22(2)13-26-21(27-14-22)20(25)18-11-10-17(24-18)19(16-9-6-12-23-16)15-7-4-3-5-8-15;1-4-10-16(11-5-1)19(17-12-6-2-7-13-17)18-14-8-3-9-15-18;1-2-6-12(7-3-1)15(13-8-4-10-16-13)14-9-5-11-17-14;1-12(2)7-15-11(16-8-12)10(14)17-9-5-3-4-6-13-9;1-3-7-11-9(5-1)13-14-10-6-2-4-8-12-10;1-7(2)3-10-6(5(8)9)11-4-7;1-5(2,3-6)4-7;3-1-2(4)5;1-2;;;;/h3-12,19,21,23-24H,13-14H2,1-2H3;1-15H;1-11,15-17H;3-6,11H,7-8H2,1-2H3;1-8H;6H,3-4H2,1-2H3,(H,8,9);6-7H,3-4H2,1-2H3;1H,(H,4,5);1H2,2H3;1H4;1H;;1H2/q;;;;;;;;-1;;;+2;/p-1. The van der Waals surface area contributed by atoms with Gasteiger partial charge >= 0.3 is 35.0 Å². The molecule has 29 heteroatoms. The van der Waals surface area contributed by atoms with E-state index in [1.54, 1.807) is 67.0 Å². The monoisotopic (exact) mass is 1830 g/mol. The number of hydrogen-bond donors (Lipinski definition) is 8. The molecule has 10 N–H and O–H groups in total. The minimum atomic E-state index is -1.43. The summed E-state index contributed by atoms with van der Waals surface area (Å²) >= 11 is 1.05. The molecule has 23 nitrogen and oxygen atoms in total. The van der Waals surface area contributed by atoms with Crippen LogP contribution >= 0.6 is 41.3 Å². The Hall–Kier alpha value is -9.01. The van der Waals surface area contributed by atoms with Crippen molar-refractivity contribution in [1.82, 2.24) is 34.9 Å². The molecule has 0 bridgehead atoms. The van der Waals surface area contributed by atoms with E-state index in [-0.39, 0.29) is 117 Å². The predicted molar refractivity (Wildman–Crippen MR) is 488 cm³/mol. The molecule has 10 heterocycles. The van der Waals surface area contributed by atoms with E-state index in [0.717, 1.165) is 38.8 Å². The van der Waals surface area contributed by atoms with Crippen LogP contribution in [0, 0.1) is 28.6 Å². The Morgan fingerprint density at radius 2 is 0.772 bits per heavy atom. The maximum atomic E-state index is 12.8. The van der Waals surface area contributed by atoms with E-state index in [9.17, 15) is 14.4 Å². The zero-order valence-corrected chi connectivity index (χ0v) is 76.3. The van der Waals surface area contributed by atoms with Crippen LogP contribution in [-0.2, 0) is 47.6 Å². The number of pyridine rings is 3. The van der Waals surface area contributed by atoms with Gasteiger partial charge in [-0.05, 0) is 153 Å². The summed E-state index contributed by atoms with van der Waals surface area (Å²) in [6, 6.07) is 86.4. The number of nitrogens with one attached hydrogen (secondary N) is 4. The number of aliphatic hydroxyl groups excluding tert-OH is 2. The molecule has 3 aliphatic heterocycles. The number of H-pyrrole nitrogens is 4. The molecule has 0 saturated carbocycles. The van der Waals surface area contributed by atoms with Gasteiger partial charge in [-0.1, -0.05) is 233 Å². The van der Waals surface area contributed by atoms with E-state index in [1.807, 2.05) is 149 Å². The van der Waals surface area contributed by atoms with Gasteiger partial charge in [0.25, 0.3) is 11.4 Å². The van der Waals surface area contributed by atoms with E-state index in [4.69, 9.17) is 58.4 Å². The Balaban J connectivity index is 0.000000373. The molecule has 1 atom stereocenters. The van der Waals surface area contributed by atoms with Gasteiger partial charge in [0.05, 0.1) is 70.4 Å². The topological polar surface area (TPSA) is 355 Å². The van der Waals surface area contributed by atoms with Crippen LogP contribution in [0.15, 0.2) is 307 Å². The van der Waals surface area contributed by atoms with Crippen LogP contribution in [0.3, 0.4) is 0 Å². The van der Waals surface area contributed by atoms with Crippen molar-refractivity contribution in [2.24, 2.45) is 21.7 Å². The van der Waals surface area contributed by atoms with Gasteiger partial charge in [-0.3, -0.25) is 14.4 Å². The normalized spacial score (nSPS) is 14.3. The minimum absolute atomic E-state index is 0. The Labute approximate surface area is 762 Å². The molecular formula is C94H113BrMgN7O16PS3. The SMILES string of the molecule is C.CC(C)(CO)CO.CC1(C)COC(C(=O)O)OC1.CC1(C)COC(C(=O)Sc2ccccn2)OC1.CC1(C)COC(C(=O)c2ccc(C(c3ccccc3)c3ccc[nH]3)[nH]2)OC1.O.O=CC(=O)O.[Br-].[CH2-]C.[Mg+2].c1ccc(C(c2ccc[nH]2)c2ccc[nH]2)cc1.c1ccc(P(c2ccccc2)c2ccccc2)cc1.c1ccc(SSc2ccccn2)nc1. The number of halogens is 1. The van der Waals surface area contributed by atoms with E-state index >= 15 is 0 Å². The number of ketones is 1. The number of carbonyl (C=O) groups excluding carboxylic acids is 3. The van der Waals surface area contributed by atoms with Gasteiger partial charge in [0.2, 0.25) is 24.6 Å². The van der Waals surface area contributed by atoms with Crippen molar-refractivity contribution in [2.75, 3.05) is 52.9 Å². The van der Waals surface area contributed by atoms with Crippen molar-refractivity contribution in [2.45, 2.75) is 116 Å². The molecule has 5 aromatic carbocycles. The number of carbonyl (C=O) groups is 5. The zero-order chi connectivity index (χ0) is 85.9. The summed E-state index contributed by atoms with van der Waals surface area (Å²) in [6.45, 7) is 23.8. The number of Topliss-reactive ketones (excluding diaryl/α,β-unsaturated/α-hetero) is 1. The molecule has 3 saturated heterocycles. The van der Waals surface area contributed by atoms with Crippen LogP contribution < -0.4 is 32.9 Å². The molecule has 3 fully saturated rings. The molecule has 123 heavy (non-hydrogen) atoms. The van der Waals surface area contributed by atoms with Crippen molar-refractivity contribution in [1.29, 1.82) is 0 Å². The van der Waals surface area contributed by atoms with Crippen LogP contribution in [-0.4, -0.2) is 185 Å². The Kier molecular flexibility index (Phi) is 50.6. The Morgan fingerprint density at radius 3 is 1.07 bits per heavy atom. The van der Waals surface area contributed by atoms with Gasteiger partial charge in [-0.25, -0.2) is 24.5 Å². The maximum absolute atomic E-state index is 12.8. The Morgan fingerprint density at radius 1 is 0.463 bits per heavy atom.